The maximum Gasteiger partial charge on any atom is 0.331 e. The summed E-state index contributed by atoms with van der Waals surface area (Å²) < 4.78 is 5.17. The summed E-state index contributed by atoms with van der Waals surface area (Å²) in [6, 6.07) is 5.95. The lowest BCUT2D eigenvalue weighted by Gasteiger charge is -2.12. The minimum Gasteiger partial charge on any atom is -0.478 e. The van der Waals surface area contributed by atoms with Gasteiger partial charge in [0.1, 0.15) is 0 Å². The fraction of sp³-hybridized carbons (Fsp3) is 0.312. The van der Waals surface area contributed by atoms with Gasteiger partial charge in [-0.2, -0.15) is 4.98 Å². The zero-order valence-electron chi connectivity index (χ0n) is 12.1. The molecule has 0 radical (unpaired) electrons. The Morgan fingerprint density at radius 1 is 1.50 bits per heavy atom. The monoisotopic (exact) mass is 318 g/mol. The highest BCUT2D eigenvalue weighted by Gasteiger charge is 2.50. The molecule has 1 saturated carbocycles. The van der Waals surface area contributed by atoms with Gasteiger partial charge in [-0.05, 0) is 37.0 Å². The summed E-state index contributed by atoms with van der Waals surface area (Å²) in [4.78, 5) is 15.2. The van der Waals surface area contributed by atoms with Gasteiger partial charge in [0.2, 0.25) is 5.89 Å². The number of carbonyl (C=O) groups is 1. The molecule has 0 bridgehead atoms. The summed E-state index contributed by atoms with van der Waals surface area (Å²) in [6.07, 6.45) is 1.89. The van der Waals surface area contributed by atoms with E-state index in [-0.39, 0.29) is 23.3 Å². The number of hydrogen-bond acceptors (Lipinski definition) is 4. The first-order valence-corrected chi connectivity index (χ1v) is 7.31. The summed E-state index contributed by atoms with van der Waals surface area (Å²) >= 11 is 6.20. The summed E-state index contributed by atoms with van der Waals surface area (Å²) in [5.74, 6) is -0.210. The van der Waals surface area contributed by atoms with Crippen LogP contribution in [0.15, 0.2) is 34.9 Å². The van der Waals surface area contributed by atoms with E-state index >= 15 is 0 Å². The second-order valence-corrected chi connectivity index (χ2v) is 6.05. The third-order valence-electron chi connectivity index (χ3n) is 4.04. The van der Waals surface area contributed by atoms with Gasteiger partial charge in [0.15, 0.2) is 5.82 Å². The highest BCUT2D eigenvalue weighted by Crippen LogP contribution is 2.52. The van der Waals surface area contributed by atoms with E-state index in [0.717, 1.165) is 24.0 Å². The van der Waals surface area contributed by atoms with E-state index in [2.05, 4.69) is 16.7 Å². The number of rotatable bonds is 5. The van der Waals surface area contributed by atoms with E-state index in [4.69, 9.17) is 21.2 Å². The van der Waals surface area contributed by atoms with Gasteiger partial charge in [-0.1, -0.05) is 35.5 Å². The van der Waals surface area contributed by atoms with Crippen molar-refractivity contribution in [1.82, 2.24) is 10.1 Å². The summed E-state index contributed by atoms with van der Waals surface area (Å²) in [5.41, 5.74) is 1.85. The average molecular weight is 319 g/mol. The molecule has 2 aromatic rings. The van der Waals surface area contributed by atoms with Crippen molar-refractivity contribution in [3.05, 3.63) is 58.2 Å². The first kappa shape index (κ1) is 14.8. The first-order chi connectivity index (χ1) is 10.4. The van der Waals surface area contributed by atoms with Gasteiger partial charge in [0, 0.05) is 10.6 Å². The first-order valence-electron chi connectivity index (χ1n) is 6.93. The second-order valence-electron chi connectivity index (χ2n) is 5.64. The van der Waals surface area contributed by atoms with Crippen LogP contribution in [0.4, 0.5) is 0 Å². The normalized spacial score (nSPS) is 15.5. The minimum atomic E-state index is -1.06. The number of aliphatic carboxylic acids is 1. The number of carboxylic acid groups (broad SMARTS) is 1. The van der Waals surface area contributed by atoms with E-state index in [9.17, 15) is 4.79 Å². The maximum atomic E-state index is 10.8. The molecule has 6 heteroatoms. The van der Waals surface area contributed by atoms with Gasteiger partial charge in [-0.15, -0.1) is 0 Å². The third-order valence-corrected chi connectivity index (χ3v) is 4.44. The van der Waals surface area contributed by atoms with E-state index < -0.39 is 5.97 Å². The highest BCUT2D eigenvalue weighted by molar-refractivity contribution is 6.31. The molecule has 1 aromatic heterocycles. The Kier molecular flexibility index (Phi) is 3.53. The van der Waals surface area contributed by atoms with Crippen molar-refractivity contribution in [2.24, 2.45) is 0 Å². The molecular weight excluding hydrogens is 304 g/mol. The van der Waals surface area contributed by atoms with Crippen molar-refractivity contribution in [2.45, 2.75) is 31.6 Å². The molecule has 0 spiro atoms. The third kappa shape index (κ3) is 2.52. The van der Waals surface area contributed by atoms with Crippen molar-refractivity contribution in [3.8, 4) is 0 Å². The molecule has 22 heavy (non-hydrogen) atoms. The standard InChI is InChI=1S/C16H15ClN2O3/c1-9-3-4-11(8-12(9)17)16(5-6-16)15-18-13(22-19-15)7-10(2)14(20)21/h3-4,8H,2,5-7H2,1H3,(H,20,21). The summed E-state index contributed by atoms with van der Waals surface area (Å²) in [7, 11) is 0. The van der Waals surface area contributed by atoms with Crippen LogP contribution in [0.25, 0.3) is 0 Å². The van der Waals surface area contributed by atoms with Gasteiger partial charge in [0.25, 0.3) is 0 Å². The molecule has 114 valence electrons. The number of hydrogen-bond donors (Lipinski definition) is 1. The number of benzene rings is 1. The van der Waals surface area contributed by atoms with Crippen LogP contribution >= 0.6 is 11.6 Å². The quantitative estimate of drug-likeness (QED) is 0.856. The van der Waals surface area contributed by atoms with Crippen LogP contribution in [0, 0.1) is 6.92 Å². The zero-order chi connectivity index (χ0) is 15.9. The molecule has 3 rings (SSSR count). The number of aromatic nitrogens is 2. The lowest BCUT2D eigenvalue weighted by atomic mass is 9.94. The molecule has 0 saturated heterocycles. The van der Waals surface area contributed by atoms with E-state index in [1.165, 1.54) is 0 Å². The Morgan fingerprint density at radius 2 is 2.23 bits per heavy atom. The predicted molar refractivity (Wildman–Crippen MR) is 81.0 cm³/mol. The van der Waals surface area contributed by atoms with E-state index in [0.29, 0.717) is 10.8 Å². The van der Waals surface area contributed by atoms with Crippen LogP contribution in [-0.2, 0) is 16.6 Å². The van der Waals surface area contributed by atoms with Gasteiger partial charge in [0.05, 0.1) is 11.8 Å². The molecule has 0 atom stereocenters. The molecular formula is C16H15ClN2O3. The van der Waals surface area contributed by atoms with Crippen LogP contribution in [0.5, 0.6) is 0 Å². The molecule has 1 aromatic carbocycles. The van der Waals surface area contributed by atoms with E-state index in [1.54, 1.807) is 0 Å². The van der Waals surface area contributed by atoms with Gasteiger partial charge >= 0.3 is 5.97 Å². The summed E-state index contributed by atoms with van der Waals surface area (Å²) in [6.45, 7) is 5.43. The molecule has 0 unspecified atom stereocenters. The minimum absolute atomic E-state index is 0.0263. The van der Waals surface area contributed by atoms with Gasteiger partial charge in [-0.25, -0.2) is 4.79 Å². The fourth-order valence-corrected chi connectivity index (χ4v) is 2.62. The number of aryl methyl sites for hydroxylation is 1. The topological polar surface area (TPSA) is 76.2 Å². The lowest BCUT2D eigenvalue weighted by Crippen LogP contribution is -2.11. The molecule has 1 fully saturated rings. The van der Waals surface area contributed by atoms with Crippen LogP contribution in [-0.4, -0.2) is 21.2 Å². The summed E-state index contributed by atoms with van der Waals surface area (Å²) in [5, 5.41) is 13.6. The van der Waals surface area contributed by atoms with Crippen molar-refractivity contribution < 1.29 is 14.4 Å². The Morgan fingerprint density at radius 3 is 2.82 bits per heavy atom. The number of nitrogens with zero attached hydrogens (tertiary/aromatic N) is 2. The SMILES string of the molecule is C=C(Cc1nc(C2(c3ccc(C)c(Cl)c3)CC2)no1)C(=O)O. The molecule has 1 aliphatic carbocycles. The maximum absolute atomic E-state index is 10.8. The highest BCUT2D eigenvalue weighted by atomic mass is 35.5. The Hall–Kier alpha value is -2.14. The Labute approximate surface area is 132 Å². The molecule has 0 aliphatic heterocycles. The van der Waals surface area contributed by atoms with Crippen molar-refractivity contribution in [3.63, 3.8) is 0 Å². The molecule has 1 aliphatic rings. The van der Waals surface area contributed by atoms with Crippen LogP contribution in [0.2, 0.25) is 5.02 Å². The smallest absolute Gasteiger partial charge is 0.331 e. The van der Waals surface area contributed by atoms with Crippen LogP contribution in [0.3, 0.4) is 0 Å². The van der Waals surface area contributed by atoms with E-state index in [1.807, 2.05) is 25.1 Å². The molecule has 1 N–H and O–H groups in total. The van der Waals surface area contributed by atoms with Crippen LogP contribution in [0.1, 0.15) is 35.7 Å². The number of halogens is 1. The molecule has 0 amide bonds. The zero-order valence-corrected chi connectivity index (χ0v) is 12.9. The van der Waals surface area contributed by atoms with Crippen molar-refractivity contribution >= 4 is 17.6 Å². The number of carboxylic acids is 1. The van der Waals surface area contributed by atoms with Crippen molar-refractivity contribution in [2.75, 3.05) is 0 Å². The lowest BCUT2D eigenvalue weighted by molar-refractivity contribution is -0.132. The Balaban J connectivity index is 1.87. The van der Waals surface area contributed by atoms with Crippen LogP contribution < -0.4 is 0 Å². The van der Waals surface area contributed by atoms with Crippen molar-refractivity contribution in [1.29, 1.82) is 0 Å². The van der Waals surface area contributed by atoms with Gasteiger partial charge < -0.3 is 9.63 Å². The predicted octanol–water partition coefficient (Wildman–Crippen LogP) is 3.29. The second kappa shape index (κ2) is 5.25. The molecule has 5 nitrogen and oxygen atoms in total. The fourth-order valence-electron chi connectivity index (χ4n) is 2.44. The average Bonchev–Trinajstić information content (AvgIpc) is 3.15. The van der Waals surface area contributed by atoms with Gasteiger partial charge in [-0.3, -0.25) is 0 Å². The largest absolute Gasteiger partial charge is 0.478 e. The molecule has 1 heterocycles. The Bertz CT molecular complexity index is 763.